The van der Waals surface area contributed by atoms with E-state index >= 15 is 0 Å². The number of carbonyl (C=O) groups excluding carboxylic acids is 1. The Morgan fingerprint density at radius 1 is 1.17 bits per heavy atom. The third-order valence-corrected chi connectivity index (χ3v) is 6.66. The predicted molar refractivity (Wildman–Crippen MR) is 102 cm³/mol. The number of benzene rings is 1. The smallest absolute Gasteiger partial charge is 0.406 e. The van der Waals surface area contributed by atoms with Crippen molar-refractivity contribution in [2.45, 2.75) is 50.1 Å². The molecule has 1 aromatic carbocycles. The predicted octanol–water partition coefficient (Wildman–Crippen LogP) is 3.67. The molecule has 0 atom stereocenters. The first-order valence-electron chi connectivity index (χ1n) is 9.64. The fourth-order valence-corrected chi connectivity index (χ4v) is 5.05. The summed E-state index contributed by atoms with van der Waals surface area (Å²) in [6.45, 7) is 0.914. The van der Waals surface area contributed by atoms with Crippen LogP contribution in [-0.4, -0.2) is 63.0 Å². The molecule has 1 aliphatic rings. The van der Waals surface area contributed by atoms with E-state index in [0.29, 0.717) is 24.4 Å². The summed E-state index contributed by atoms with van der Waals surface area (Å²) in [4.78, 5) is 13.2. The number of methoxy groups -OCH3 is 1. The Balaban J connectivity index is 2.42. The third kappa shape index (κ3) is 6.08. The lowest BCUT2D eigenvalue weighted by molar-refractivity contribution is -0.140. The number of carbonyl (C=O) groups is 1. The largest absolute Gasteiger partial charge is 0.495 e. The number of ether oxygens (including phenoxy) is 1. The van der Waals surface area contributed by atoms with Crippen LogP contribution < -0.4 is 4.74 Å². The highest BCUT2D eigenvalue weighted by Gasteiger charge is 2.34. The van der Waals surface area contributed by atoms with Crippen molar-refractivity contribution in [2.75, 3.05) is 33.3 Å². The van der Waals surface area contributed by atoms with E-state index in [1.54, 1.807) is 6.92 Å². The van der Waals surface area contributed by atoms with Gasteiger partial charge in [0.2, 0.25) is 10.0 Å². The lowest BCUT2D eigenvalue weighted by Crippen LogP contribution is -2.39. The van der Waals surface area contributed by atoms with Crippen molar-refractivity contribution in [1.82, 2.24) is 9.21 Å². The quantitative estimate of drug-likeness (QED) is 0.654. The van der Waals surface area contributed by atoms with Gasteiger partial charge in [-0.1, -0.05) is 19.8 Å². The molecule has 6 nitrogen and oxygen atoms in total. The van der Waals surface area contributed by atoms with Crippen molar-refractivity contribution in [3.63, 3.8) is 0 Å². The number of hydrogen-bond acceptors (Lipinski definition) is 4. The van der Waals surface area contributed by atoms with Gasteiger partial charge in [0, 0.05) is 25.2 Å². The van der Waals surface area contributed by atoms with Gasteiger partial charge in [0.15, 0.2) is 0 Å². The van der Waals surface area contributed by atoms with Gasteiger partial charge in [-0.3, -0.25) is 4.79 Å². The van der Waals surface area contributed by atoms with Crippen LogP contribution in [0.3, 0.4) is 0 Å². The molecule has 0 N–H and O–H groups in total. The molecule has 1 aromatic rings. The molecule has 164 valence electrons. The first-order valence-corrected chi connectivity index (χ1v) is 11.1. The molecule has 0 aromatic heterocycles. The lowest BCUT2D eigenvalue weighted by Gasteiger charge is -2.25. The average Bonchev–Trinajstić information content (AvgIpc) is 2.95. The number of alkyl halides is 3. The van der Waals surface area contributed by atoms with Crippen LogP contribution in [0.1, 0.15) is 49.4 Å². The van der Waals surface area contributed by atoms with Crippen LogP contribution in [0.4, 0.5) is 13.2 Å². The second kappa shape index (κ2) is 9.80. The zero-order valence-electron chi connectivity index (χ0n) is 16.7. The van der Waals surface area contributed by atoms with Gasteiger partial charge in [-0.05, 0) is 37.5 Å². The second-order valence-corrected chi connectivity index (χ2v) is 8.93. The maximum atomic E-state index is 13.2. The number of nitrogens with zero attached hydrogens (tertiary/aromatic N) is 2. The van der Waals surface area contributed by atoms with E-state index in [0.717, 1.165) is 31.7 Å². The molecule has 2 rings (SSSR count). The maximum absolute atomic E-state index is 13.2. The highest BCUT2D eigenvalue weighted by molar-refractivity contribution is 7.89. The van der Waals surface area contributed by atoms with E-state index in [2.05, 4.69) is 0 Å². The van der Waals surface area contributed by atoms with Gasteiger partial charge in [0.25, 0.3) is 5.91 Å². The second-order valence-electron chi connectivity index (χ2n) is 7.03. The van der Waals surface area contributed by atoms with Crippen LogP contribution in [0.15, 0.2) is 23.1 Å². The van der Waals surface area contributed by atoms with Crippen LogP contribution in [0.5, 0.6) is 5.75 Å². The zero-order valence-corrected chi connectivity index (χ0v) is 17.5. The Morgan fingerprint density at radius 2 is 1.79 bits per heavy atom. The Labute approximate surface area is 169 Å². The van der Waals surface area contributed by atoms with E-state index in [-0.39, 0.29) is 22.8 Å². The van der Waals surface area contributed by atoms with Gasteiger partial charge in [0.1, 0.15) is 17.2 Å². The summed E-state index contributed by atoms with van der Waals surface area (Å²) in [5.41, 5.74) is -0.114. The molecule has 0 unspecified atom stereocenters. The van der Waals surface area contributed by atoms with Gasteiger partial charge >= 0.3 is 6.18 Å². The number of rotatable bonds is 7. The number of sulfonamides is 1. The van der Waals surface area contributed by atoms with Gasteiger partial charge in [0.05, 0.1) is 7.11 Å². The summed E-state index contributed by atoms with van der Waals surface area (Å²) in [5.74, 6) is -0.803. The van der Waals surface area contributed by atoms with Crippen molar-refractivity contribution in [3.8, 4) is 5.75 Å². The standard InChI is InChI=1S/C19H27F3N2O4S/c1-3-10-23(14-19(20,21)22)18(25)15-8-9-16(28-2)17(13-15)29(26,27)24-11-6-4-5-7-12-24/h8-9,13H,3-7,10-12,14H2,1-2H3. The molecule has 0 spiro atoms. The van der Waals surface area contributed by atoms with Crippen LogP contribution in [0.25, 0.3) is 0 Å². The van der Waals surface area contributed by atoms with Crippen molar-refractivity contribution in [3.05, 3.63) is 23.8 Å². The summed E-state index contributed by atoms with van der Waals surface area (Å²) < 4.78 is 71.4. The number of amides is 1. The average molecular weight is 436 g/mol. The SMILES string of the molecule is CCCN(CC(F)(F)F)C(=O)c1ccc(OC)c(S(=O)(=O)N2CCCCCC2)c1. The van der Waals surface area contributed by atoms with E-state index in [4.69, 9.17) is 4.74 Å². The van der Waals surface area contributed by atoms with Gasteiger partial charge in [-0.2, -0.15) is 17.5 Å². The summed E-state index contributed by atoms with van der Waals surface area (Å²) in [6.07, 6.45) is -0.864. The van der Waals surface area contributed by atoms with E-state index < -0.39 is 28.7 Å². The number of hydrogen-bond donors (Lipinski definition) is 0. The summed E-state index contributed by atoms with van der Waals surface area (Å²) >= 11 is 0. The van der Waals surface area contributed by atoms with E-state index in [1.807, 2.05) is 0 Å². The maximum Gasteiger partial charge on any atom is 0.406 e. The molecule has 1 aliphatic heterocycles. The van der Waals surface area contributed by atoms with Crippen LogP contribution >= 0.6 is 0 Å². The Morgan fingerprint density at radius 3 is 2.31 bits per heavy atom. The fraction of sp³-hybridized carbons (Fsp3) is 0.632. The third-order valence-electron chi connectivity index (χ3n) is 4.74. The van der Waals surface area contributed by atoms with Gasteiger partial charge < -0.3 is 9.64 Å². The van der Waals surface area contributed by atoms with Crippen LogP contribution in [0, 0.1) is 0 Å². The van der Waals surface area contributed by atoms with Crippen molar-refractivity contribution in [2.24, 2.45) is 0 Å². The molecule has 10 heteroatoms. The normalized spacial score (nSPS) is 16.3. The molecule has 1 amide bonds. The zero-order chi connectivity index (χ0) is 21.7. The molecule has 1 heterocycles. The molecule has 1 fully saturated rings. The van der Waals surface area contributed by atoms with Crippen LogP contribution in [0.2, 0.25) is 0 Å². The van der Waals surface area contributed by atoms with Crippen molar-refractivity contribution in [1.29, 1.82) is 0 Å². The molecule has 0 saturated carbocycles. The molecule has 1 saturated heterocycles. The highest BCUT2D eigenvalue weighted by atomic mass is 32.2. The minimum atomic E-state index is -4.54. The molecule has 0 bridgehead atoms. The summed E-state index contributed by atoms with van der Waals surface area (Å²) in [5, 5.41) is 0. The molecule has 0 radical (unpaired) electrons. The molecular formula is C19H27F3N2O4S. The van der Waals surface area contributed by atoms with Crippen molar-refractivity contribution >= 4 is 15.9 Å². The molecule has 29 heavy (non-hydrogen) atoms. The monoisotopic (exact) mass is 436 g/mol. The Hall–Kier alpha value is -1.81. The topological polar surface area (TPSA) is 66.9 Å². The minimum absolute atomic E-state index is 0.0589. The van der Waals surface area contributed by atoms with Crippen LogP contribution in [-0.2, 0) is 10.0 Å². The lowest BCUT2D eigenvalue weighted by atomic mass is 10.2. The molecule has 0 aliphatic carbocycles. The summed E-state index contributed by atoms with van der Waals surface area (Å²) in [7, 11) is -2.63. The van der Waals surface area contributed by atoms with E-state index in [9.17, 15) is 26.4 Å². The Bertz CT molecular complexity index is 804. The van der Waals surface area contributed by atoms with Gasteiger partial charge in [-0.15, -0.1) is 0 Å². The first-order chi connectivity index (χ1) is 13.6. The number of halogens is 3. The van der Waals surface area contributed by atoms with Gasteiger partial charge in [-0.25, -0.2) is 8.42 Å². The van der Waals surface area contributed by atoms with Crippen molar-refractivity contribution < 1.29 is 31.1 Å². The highest BCUT2D eigenvalue weighted by Crippen LogP contribution is 2.30. The fourth-order valence-electron chi connectivity index (χ4n) is 3.35. The first kappa shape index (κ1) is 23.5. The Kier molecular flexibility index (Phi) is 7.93. The van der Waals surface area contributed by atoms with E-state index in [1.165, 1.54) is 23.5 Å². The minimum Gasteiger partial charge on any atom is -0.495 e. The summed E-state index contributed by atoms with van der Waals surface area (Å²) in [6, 6.07) is 3.73. The molecular weight excluding hydrogens is 409 g/mol.